The highest BCUT2D eigenvalue weighted by molar-refractivity contribution is 9.10. The fraction of sp³-hybridized carbons (Fsp3) is 0.200. The van der Waals surface area contributed by atoms with Crippen LogP contribution in [0.5, 0.6) is 11.5 Å². The van der Waals surface area contributed by atoms with Crippen LogP contribution < -0.4 is 20.7 Å². The van der Waals surface area contributed by atoms with Crippen molar-refractivity contribution in [3.63, 3.8) is 0 Å². The van der Waals surface area contributed by atoms with Crippen LogP contribution in [0.25, 0.3) is 0 Å². The molecule has 0 radical (unpaired) electrons. The summed E-state index contributed by atoms with van der Waals surface area (Å²) in [6.07, 6.45) is 0. The van der Waals surface area contributed by atoms with Gasteiger partial charge in [0.05, 0.1) is 25.8 Å². The lowest BCUT2D eigenvalue weighted by molar-refractivity contribution is 0.377. The van der Waals surface area contributed by atoms with Gasteiger partial charge in [0.2, 0.25) is 0 Å². The van der Waals surface area contributed by atoms with Gasteiger partial charge in [0.15, 0.2) is 0 Å². The minimum Gasteiger partial charge on any atom is -0.496 e. The van der Waals surface area contributed by atoms with Gasteiger partial charge in [0.25, 0.3) is 0 Å². The van der Waals surface area contributed by atoms with Crippen LogP contribution in [-0.2, 0) is 0 Å². The lowest BCUT2D eigenvalue weighted by Crippen LogP contribution is -2.29. The number of hydrazine groups is 1. The van der Waals surface area contributed by atoms with Gasteiger partial charge >= 0.3 is 0 Å². The Balaban J connectivity index is 2.63. The first-order chi connectivity index (χ1) is 10.1. The van der Waals surface area contributed by atoms with E-state index in [2.05, 4.69) is 21.4 Å². The fourth-order valence-corrected chi connectivity index (χ4v) is 2.83. The number of rotatable bonds is 5. The number of benzene rings is 2. The summed E-state index contributed by atoms with van der Waals surface area (Å²) in [7, 11) is 3.21. The lowest BCUT2D eigenvalue weighted by Gasteiger charge is -2.23. The predicted molar refractivity (Wildman–Crippen MR) is 87.9 cm³/mol. The van der Waals surface area contributed by atoms with Crippen molar-refractivity contribution in [1.29, 1.82) is 0 Å². The Hall–Kier alpha value is -1.27. The van der Waals surface area contributed by atoms with E-state index in [1.807, 2.05) is 36.4 Å². The molecule has 0 aliphatic heterocycles. The van der Waals surface area contributed by atoms with E-state index in [0.29, 0.717) is 16.5 Å². The van der Waals surface area contributed by atoms with Gasteiger partial charge in [-0.15, -0.1) is 0 Å². The summed E-state index contributed by atoms with van der Waals surface area (Å²) in [4.78, 5) is 0. The smallest absolute Gasteiger partial charge is 0.127 e. The lowest BCUT2D eigenvalue weighted by atomic mass is 9.97. The van der Waals surface area contributed by atoms with Crippen molar-refractivity contribution in [2.45, 2.75) is 6.04 Å². The van der Waals surface area contributed by atoms with Crippen LogP contribution in [0, 0.1) is 0 Å². The second-order valence-corrected chi connectivity index (χ2v) is 5.66. The monoisotopic (exact) mass is 370 g/mol. The minimum absolute atomic E-state index is 0.360. The number of hydrogen-bond acceptors (Lipinski definition) is 4. The summed E-state index contributed by atoms with van der Waals surface area (Å²) in [5, 5.41) is 0.606. The number of nitrogens with two attached hydrogens (primary N) is 1. The Kier molecular flexibility index (Phi) is 5.47. The highest BCUT2D eigenvalue weighted by Crippen LogP contribution is 2.39. The zero-order valence-electron chi connectivity index (χ0n) is 11.7. The maximum Gasteiger partial charge on any atom is 0.127 e. The summed E-state index contributed by atoms with van der Waals surface area (Å²) in [5.74, 6) is 7.12. The predicted octanol–water partition coefficient (Wildman–Crippen LogP) is 3.67. The zero-order valence-corrected chi connectivity index (χ0v) is 14.0. The highest BCUT2D eigenvalue weighted by Gasteiger charge is 2.23. The molecule has 21 heavy (non-hydrogen) atoms. The highest BCUT2D eigenvalue weighted by atomic mass is 79.9. The Morgan fingerprint density at radius 1 is 1.14 bits per heavy atom. The third-order valence-corrected chi connectivity index (χ3v) is 4.03. The van der Waals surface area contributed by atoms with Crippen LogP contribution in [0.1, 0.15) is 17.2 Å². The second-order valence-electron chi connectivity index (χ2n) is 4.34. The molecule has 4 nitrogen and oxygen atoms in total. The fourth-order valence-electron chi connectivity index (χ4n) is 2.23. The summed E-state index contributed by atoms with van der Waals surface area (Å²) in [5.41, 5.74) is 4.41. The third-order valence-electron chi connectivity index (χ3n) is 3.19. The van der Waals surface area contributed by atoms with E-state index in [0.717, 1.165) is 15.6 Å². The average Bonchev–Trinajstić information content (AvgIpc) is 2.51. The first-order valence-corrected chi connectivity index (χ1v) is 7.41. The maximum absolute atomic E-state index is 6.31. The molecule has 0 amide bonds. The van der Waals surface area contributed by atoms with Gasteiger partial charge in [-0.25, -0.2) is 5.43 Å². The Morgan fingerprint density at radius 3 is 2.29 bits per heavy atom. The van der Waals surface area contributed by atoms with Gasteiger partial charge < -0.3 is 9.47 Å². The number of nitrogens with one attached hydrogen (secondary N) is 1. The molecule has 0 aliphatic rings. The third kappa shape index (κ3) is 3.32. The van der Waals surface area contributed by atoms with E-state index in [9.17, 15) is 0 Å². The van der Waals surface area contributed by atoms with Gasteiger partial charge in [-0.2, -0.15) is 0 Å². The normalized spacial score (nSPS) is 12.0. The quantitative estimate of drug-likeness (QED) is 0.622. The Labute approximate surface area is 137 Å². The van der Waals surface area contributed by atoms with Crippen molar-refractivity contribution in [2.24, 2.45) is 5.84 Å². The van der Waals surface area contributed by atoms with Crippen LogP contribution in [0.4, 0.5) is 0 Å². The second kappa shape index (κ2) is 7.13. The van der Waals surface area contributed by atoms with Crippen molar-refractivity contribution in [2.75, 3.05) is 14.2 Å². The number of ether oxygens (including phenoxy) is 2. The van der Waals surface area contributed by atoms with Crippen LogP contribution in [0.2, 0.25) is 5.02 Å². The molecule has 0 spiro atoms. The minimum atomic E-state index is -0.360. The molecule has 112 valence electrons. The van der Waals surface area contributed by atoms with Crippen LogP contribution in [0.3, 0.4) is 0 Å². The topological polar surface area (TPSA) is 56.5 Å². The summed E-state index contributed by atoms with van der Waals surface area (Å²) >= 11 is 9.76. The van der Waals surface area contributed by atoms with Gasteiger partial charge in [-0.3, -0.25) is 5.84 Å². The molecule has 3 N–H and O–H groups in total. The molecular formula is C15H16BrClN2O2. The number of hydrogen-bond donors (Lipinski definition) is 2. The van der Waals surface area contributed by atoms with Gasteiger partial charge in [0.1, 0.15) is 11.5 Å². The molecule has 2 rings (SSSR count). The van der Waals surface area contributed by atoms with E-state index in [1.165, 1.54) is 0 Å². The van der Waals surface area contributed by atoms with Crippen LogP contribution in [0.15, 0.2) is 40.9 Å². The first kappa shape index (κ1) is 16.1. The van der Waals surface area contributed by atoms with Gasteiger partial charge in [-0.05, 0) is 35.9 Å². The molecule has 2 aromatic carbocycles. The van der Waals surface area contributed by atoms with Crippen LogP contribution >= 0.6 is 27.5 Å². The van der Waals surface area contributed by atoms with E-state index in [-0.39, 0.29) is 6.04 Å². The number of halogens is 2. The van der Waals surface area contributed by atoms with Crippen LogP contribution in [-0.4, -0.2) is 14.2 Å². The van der Waals surface area contributed by atoms with E-state index >= 15 is 0 Å². The summed E-state index contributed by atoms with van der Waals surface area (Å²) in [6, 6.07) is 10.8. The molecule has 0 fully saturated rings. The molecule has 0 bridgehead atoms. The van der Waals surface area contributed by atoms with Gasteiger partial charge in [0, 0.05) is 9.50 Å². The zero-order chi connectivity index (χ0) is 15.4. The molecule has 1 unspecified atom stereocenters. The van der Waals surface area contributed by atoms with E-state index < -0.39 is 0 Å². The SMILES string of the molecule is COc1cccc(OC)c1C(NN)c1cc(Br)ccc1Cl. The number of methoxy groups -OCH3 is 2. The summed E-state index contributed by atoms with van der Waals surface area (Å²) < 4.78 is 11.8. The molecule has 0 saturated heterocycles. The molecule has 0 aromatic heterocycles. The van der Waals surface area contributed by atoms with Crippen molar-refractivity contribution in [3.8, 4) is 11.5 Å². The largest absolute Gasteiger partial charge is 0.496 e. The Bertz CT molecular complexity index is 615. The standard InChI is InChI=1S/C15H16BrClN2O2/c1-20-12-4-3-5-13(21-2)14(12)15(19-18)10-8-9(16)6-7-11(10)17/h3-8,15,19H,18H2,1-2H3. The average molecular weight is 372 g/mol. The molecule has 0 heterocycles. The van der Waals surface area contributed by atoms with E-state index in [4.69, 9.17) is 26.9 Å². The van der Waals surface area contributed by atoms with Crippen molar-refractivity contribution in [1.82, 2.24) is 5.43 Å². The molecule has 0 saturated carbocycles. The van der Waals surface area contributed by atoms with Gasteiger partial charge in [-0.1, -0.05) is 33.6 Å². The Morgan fingerprint density at radius 2 is 1.76 bits per heavy atom. The van der Waals surface area contributed by atoms with E-state index in [1.54, 1.807) is 14.2 Å². The van der Waals surface area contributed by atoms with Crippen molar-refractivity contribution >= 4 is 27.5 Å². The maximum atomic E-state index is 6.31. The molecule has 0 aliphatic carbocycles. The first-order valence-electron chi connectivity index (χ1n) is 6.24. The van der Waals surface area contributed by atoms with Crippen molar-refractivity contribution < 1.29 is 9.47 Å². The molecule has 6 heteroatoms. The molecule has 2 aromatic rings. The summed E-state index contributed by atoms with van der Waals surface area (Å²) in [6.45, 7) is 0. The molecular weight excluding hydrogens is 356 g/mol. The van der Waals surface area contributed by atoms with Crippen molar-refractivity contribution in [3.05, 3.63) is 57.0 Å². The molecule has 1 atom stereocenters.